The van der Waals surface area contributed by atoms with Crippen molar-refractivity contribution in [3.63, 3.8) is 0 Å². The van der Waals surface area contributed by atoms with Crippen molar-refractivity contribution in [2.75, 3.05) is 5.32 Å². The summed E-state index contributed by atoms with van der Waals surface area (Å²) < 4.78 is 6.62. The Morgan fingerprint density at radius 2 is 2.21 bits per heavy atom. The third-order valence-corrected chi connectivity index (χ3v) is 2.85. The second-order valence-corrected chi connectivity index (χ2v) is 4.18. The van der Waals surface area contributed by atoms with Gasteiger partial charge in [0.1, 0.15) is 5.69 Å². The van der Waals surface area contributed by atoms with Crippen LogP contribution in [-0.2, 0) is 7.05 Å². The van der Waals surface area contributed by atoms with Crippen molar-refractivity contribution in [3.05, 3.63) is 52.8 Å². The number of H-pyrrole nitrogens is 1. The van der Waals surface area contributed by atoms with Gasteiger partial charge in [0.25, 0.3) is 5.91 Å². The van der Waals surface area contributed by atoms with Gasteiger partial charge >= 0.3 is 5.76 Å². The quantitative estimate of drug-likeness (QED) is 0.733. The van der Waals surface area contributed by atoms with Crippen LogP contribution in [-0.4, -0.2) is 15.5 Å². The van der Waals surface area contributed by atoms with Crippen molar-refractivity contribution in [2.24, 2.45) is 7.05 Å². The van der Waals surface area contributed by atoms with E-state index in [1.807, 2.05) is 0 Å². The van der Waals surface area contributed by atoms with Crippen LogP contribution in [0.2, 0.25) is 0 Å². The molecule has 0 unspecified atom stereocenters. The Hall–Kier alpha value is -2.76. The average molecular weight is 257 g/mol. The maximum atomic E-state index is 12.0. The number of aromatic amines is 1. The summed E-state index contributed by atoms with van der Waals surface area (Å²) in [4.78, 5) is 25.6. The molecule has 0 aliphatic carbocycles. The lowest BCUT2D eigenvalue weighted by Gasteiger charge is -2.05. The lowest BCUT2D eigenvalue weighted by atomic mass is 10.2. The Bertz CT molecular complexity index is 810. The highest BCUT2D eigenvalue weighted by atomic mass is 16.4. The molecule has 1 amide bonds. The van der Waals surface area contributed by atoms with Crippen LogP contribution >= 0.6 is 0 Å². The number of aromatic nitrogens is 2. The van der Waals surface area contributed by atoms with E-state index < -0.39 is 5.76 Å². The highest BCUT2D eigenvalue weighted by Gasteiger charge is 2.10. The predicted octanol–water partition coefficient (Wildman–Crippen LogP) is 1.71. The monoisotopic (exact) mass is 257 g/mol. The number of carbonyl (C=O) groups excluding carboxylic acids is 1. The fourth-order valence-corrected chi connectivity index (χ4v) is 1.92. The number of nitrogens with zero attached hydrogens (tertiary/aromatic N) is 1. The minimum Gasteiger partial charge on any atom is -0.408 e. The maximum absolute atomic E-state index is 12.0. The number of aryl methyl sites for hydroxylation is 1. The summed E-state index contributed by atoms with van der Waals surface area (Å²) in [6, 6.07) is 8.49. The Morgan fingerprint density at radius 1 is 1.37 bits per heavy atom. The zero-order valence-electron chi connectivity index (χ0n) is 10.1. The van der Waals surface area contributed by atoms with Gasteiger partial charge in [-0.3, -0.25) is 9.78 Å². The highest BCUT2D eigenvalue weighted by Crippen LogP contribution is 2.16. The molecule has 2 aromatic heterocycles. The summed E-state index contributed by atoms with van der Waals surface area (Å²) >= 11 is 0. The fourth-order valence-electron chi connectivity index (χ4n) is 1.92. The molecule has 6 nitrogen and oxygen atoms in total. The van der Waals surface area contributed by atoms with E-state index >= 15 is 0 Å². The number of carbonyl (C=O) groups is 1. The Labute approximate surface area is 107 Å². The van der Waals surface area contributed by atoms with Gasteiger partial charge in [0.05, 0.1) is 5.52 Å². The van der Waals surface area contributed by atoms with Crippen molar-refractivity contribution in [2.45, 2.75) is 0 Å². The van der Waals surface area contributed by atoms with Crippen LogP contribution in [0.4, 0.5) is 5.69 Å². The topological polar surface area (TPSA) is 80.0 Å². The van der Waals surface area contributed by atoms with Gasteiger partial charge in [-0.2, -0.15) is 0 Å². The lowest BCUT2D eigenvalue weighted by Crippen LogP contribution is -2.15. The molecule has 1 aromatic carbocycles. The number of amides is 1. The Balaban J connectivity index is 1.91. The average Bonchev–Trinajstić information content (AvgIpc) is 2.93. The second kappa shape index (κ2) is 4.16. The van der Waals surface area contributed by atoms with Gasteiger partial charge in [-0.1, -0.05) is 0 Å². The molecule has 3 aromatic rings. The summed E-state index contributed by atoms with van der Waals surface area (Å²) in [6.45, 7) is 0. The first-order valence-corrected chi connectivity index (χ1v) is 5.69. The number of hydrogen-bond donors (Lipinski definition) is 2. The minimum absolute atomic E-state index is 0.210. The van der Waals surface area contributed by atoms with Gasteiger partial charge in [0, 0.05) is 18.9 Å². The summed E-state index contributed by atoms with van der Waals surface area (Å²) in [7, 11) is 1.80. The summed E-state index contributed by atoms with van der Waals surface area (Å²) in [6.07, 6.45) is 1.80. The van der Waals surface area contributed by atoms with E-state index in [-0.39, 0.29) is 5.91 Å². The van der Waals surface area contributed by atoms with Crippen molar-refractivity contribution < 1.29 is 9.21 Å². The molecule has 2 heterocycles. The van der Waals surface area contributed by atoms with E-state index in [0.29, 0.717) is 22.5 Å². The molecule has 2 N–H and O–H groups in total. The Morgan fingerprint density at radius 3 is 2.95 bits per heavy atom. The van der Waals surface area contributed by atoms with Crippen LogP contribution < -0.4 is 11.1 Å². The number of oxazole rings is 1. The summed E-state index contributed by atoms with van der Waals surface area (Å²) in [5.74, 6) is -0.724. The van der Waals surface area contributed by atoms with Crippen LogP contribution in [0.3, 0.4) is 0 Å². The van der Waals surface area contributed by atoms with Crippen LogP contribution in [0.5, 0.6) is 0 Å². The zero-order chi connectivity index (χ0) is 13.4. The number of benzene rings is 1. The molecule has 0 saturated carbocycles. The van der Waals surface area contributed by atoms with Crippen molar-refractivity contribution >= 4 is 22.7 Å². The molecule has 0 fully saturated rings. The molecule has 96 valence electrons. The Kier molecular flexibility index (Phi) is 2.49. The summed E-state index contributed by atoms with van der Waals surface area (Å²) in [5, 5.41) is 2.76. The van der Waals surface area contributed by atoms with Crippen molar-refractivity contribution in [3.8, 4) is 0 Å². The first-order chi connectivity index (χ1) is 9.13. The summed E-state index contributed by atoms with van der Waals surface area (Å²) in [5.41, 5.74) is 2.16. The predicted molar refractivity (Wildman–Crippen MR) is 70.2 cm³/mol. The van der Waals surface area contributed by atoms with E-state index in [0.717, 1.165) is 0 Å². The molecule has 3 rings (SSSR count). The van der Waals surface area contributed by atoms with Gasteiger partial charge < -0.3 is 14.3 Å². The molecular formula is C13H11N3O3. The van der Waals surface area contributed by atoms with E-state index in [9.17, 15) is 9.59 Å². The van der Waals surface area contributed by atoms with Gasteiger partial charge in [-0.05, 0) is 30.3 Å². The number of nitrogens with one attached hydrogen (secondary N) is 2. The molecule has 0 bridgehead atoms. The standard InChI is InChI=1S/C13H11N3O3/c1-16-6-2-3-10(16)12(17)14-8-4-5-11-9(7-8)15-13(18)19-11/h2-7H,1H3,(H,14,17)(H,15,18). The number of fused-ring (bicyclic) bond motifs is 1. The van der Waals surface area contributed by atoms with E-state index in [4.69, 9.17) is 4.42 Å². The number of hydrogen-bond acceptors (Lipinski definition) is 3. The molecule has 0 radical (unpaired) electrons. The molecule has 0 aliphatic heterocycles. The molecule has 19 heavy (non-hydrogen) atoms. The van der Waals surface area contributed by atoms with Gasteiger partial charge in [-0.25, -0.2) is 4.79 Å². The van der Waals surface area contributed by atoms with Gasteiger partial charge in [0.15, 0.2) is 5.58 Å². The van der Waals surface area contributed by atoms with E-state index in [1.54, 1.807) is 48.1 Å². The smallest absolute Gasteiger partial charge is 0.408 e. The van der Waals surface area contributed by atoms with Crippen LogP contribution in [0, 0.1) is 0 Å². The molecule has 0 atom stereocenters. The first-order valence-electron chi connectivity index (χ1n) is 5.69. The molecule has 6 heteroatoms. The number of anilines is 1. The van der Waals surface area contributed by atoms with Gasteiger partial charge in [-0.15, -0.1) is 0 Å². The molecule has 0 saturated heterocycles. The zero-order valence-corrected chi connectivity index (χ0v) is 10.1. The molecule has 0 spiro atoms. The number of rotatable bonds is 2. The molecule has 0 aliphatic rings. The highest BCUT2D eigenvalue weighted by molar-refractivity contribution is 6.03. The van der Waals surface area contributed by atoms with Crippen LogP contribution in [0.1, 0.15) is 10.5 Å². The third kappa shape index (κ3) is 2.03. The lowest BCUT2D eigenvalue weighted by molar-refractivity contribution is 0.101. The largest absolute Gasteiger partial charge is 0.417 e. The molecular weight excluding hydrogens is 246 g/mol. The van der Waals surface area contributed by atoms with E-state index in [1.165, 1.54) is 0 Å². The maximum Gasteiger partial charge on any atom is 0.417 e. The van der Waals surface area contributed by atoms with Crippen molar-refractivity contribution in [1.82, 2.24) is 9.55 Å². The SMILES string of the molecule is Cn1cccc1C(=O)Nc1ccc2oc(=O)[nH]c2c1. The third-order valence-electron chi connectivity index (χ3n) is 2.85. The van der Waals surface area contributed by atoms with Crippen LogP contribution in [0.15, 0.2) is 45.7 Å². The first kappa shape index (κ1) is 11.3. The fraction of sp³-hybridized carbons (Fsp3) is 0.0769. The van der Waals surface area contributed by atoms with Gasteiger partial charge in [0.2, 0.25) is 0 Å². The van der Waals surface area contributed by atoms with E-state index in [2.05, 4.69) is 10.3 Å². The second-order valence-electron chi connectivity index (χ2n) is 4.18. The minimum atomic E-state index is -0.513. The van der Waals surface area contributed by atoms with Crippen LogP contribution in [0.25, 0.3) is 11.1 Å². The normalized spacial score (nSPS) is 10.8. The van der Waals surface area contributed by atoms with Crippen molar-refractivity contribution in [1.29, 1.82) is 0 Å².